The molecule has 1 rings (SSSR count). The lowest BCUT2D eigenvalue weighted by molar-refractivity contribution is 0.272. The Morgan fingerprint density at radius 2 is 1.89 bits per heavy atom. The lowest BCUT2D eigenvalue weighted by atomic mass is 9.99. The Morgan fingerprint density at radius 1 is 1.33 bits per heavy atom. The Bertz CT molecular complexity index is 335. The first kappa shape index (κ1) is 15.9. The SMILES string of the molecule is CCC(NS(=O)(=O)N1CCC(CN)CC1)C(C)C. The Kier molecular flexibility index (Phi) is 6.04. The molecule has 0 aliphatic carbocycles. The first-order valence-electron chi connectivity index (χ1n) is 6.88. The standard InChI is InChI=1S/C12H27N3O2S/c1-4-12(10(2)3)14-18(16,17)15-7-5-11(9-13)6-8-15/h10-12,14H,4-9,13H2,1-3H3. The van der Waals surface area contributed by atoms with Gasteiger partial charge in [0.05, 0.1) is 0 Å². The van der Waals surface area contributed by atoms with E-state index in [-0.39, 0.29) is 6.04 Å². The van der Waals surface area contributed by atoms with Crippen LogP contribution in [0.5, 0.6) is 0 Å². The van der Waals surface area contributed by atoms with Crippen molar-refractivity contribution in [2.24, 2.45) is 17.6 Å². The molecule has 1 aliphatic heterocycles. The number of hydrogen-bond acceptors (Lipinski definition) is 3. The highest BCUT2D eigenvalue weighted by Gasteiger charge is 2.29. The smallest absolute Gasteiger partial charge is 0.279 e. The molecule has 1 atom stereocenters. The van der Waals surface area contributed by atoms with Gasteiger partial charge in [0.25, 0.3) is 10.2 Å². The molecule has 0 bridgehead atoms. The van der Waals surface area contributed by atoms with Crippen LogP contribution < -0.4 is 10.5 Å². The molecule has 108 valence electrons. The van der Waals surface area contributed by atoms with Crippen molar-refractivity contribution in [1.82, 2.24) is 9.03 Å². The van der Waals surface area contributed by atoms with E-state index in [9.17, 15) is 8.42 Å². The van der Waals surface area contributed by atoms with Gasteiger partial charge in [-0.25, -0.2) is 0 Å². The van der Waals surface area contributed by atoms with Crippen LogP contribution in [-0.2, 0) is 10.2 Å². The Labute approximate surface area is 111 Å². The van der Waals surface area contributed by atoms with E-state index < -0.39 is 10.2 Å². The van der Waals surface area contributed by atoms with Crippen LogP contribution in [0.2, 0.25) is 0 Å². The molecule has 1 saturated heterocycles. The lowest BCUT2D eigenvalue weighted by Gasteiger charge is -2.32. The van der Waals surface area contributed by atoms with Crippen LogP contribution in [0.4, 0.5) is 0 Å². The summed E-state index contributed by atoms with van der Waals surface area (Å²) in [6.45, 7) is 7.92. The van der Waals surface area contributed by atoms with E-state index in [0.29, 0.717) is 31.5 Å². The van der Waals surface area contributed by atoms with Crippen LogP contribution in [0.3, 0.4) is 0 Å². The van der Waals surface area contributed by atoms with Gasteiger partial charge in [-0.3, -0.25) is 0 Å². The topological polar surface area (TPSA) is 75.4 Å². The highest BCUT2D eigenvalue weighted by molar-refractivity contribution is 7.87. The second-order valence-electron chi connectivity index (χ2n) is 5.46. The second-order valence-corrected chi connectivity index (χ2v) is 7.16. The molecule has 0 amide bonds. The summed E-state index contributed by atoms with van der Waals surface area (Å²) in [5.41, 5.74) is 5.62. The molecule has 0 spiro atoms. The summed E-state index contributed by atoms with van der Waals surface area (Å²) in [7, 11) is -3.33. The van der Waals surface area contributed by atoms with Gasteiger partial charge in [0.2, 0.25) is 0 Å². The van der Waals surface area contributed by atoms with Crippen LogP contribution in [0.1, 0.15) is 40.0 Å². The highest BCUT2D eigenvalue weighted by Crippen LogP contribution is 2.19. The minimum atomic E-state index is -3.33. The summed E-state index contributed by atoms with van der Waals surface area (Å²) in [5, 5.41) is 0. The van der Waals surface area contributed by atoms with Crippen molar-refractivity contribution >= 4 is 10.2 Å². The van der Waals surface area contributed by atoms with Crippen LogP contribution in [0.25, 0.3) is 0 Å². The van der Waals surface area contributed by atoms with Gasteiger partial charge in [0, 0.05) is 19.1 Å². The molecule has 1 heterocycles. The van der Waals surface area contributed by atoms with Crippen molar-refractivity contribution in [3.8, 4) is 0 Å². The summed E-state index contributed by atoms with van der Waals surface area (Å²) < 4.78 is 28.8. The van der Waals surface area contributed by atoms with Gasteiger partial charge in [-0.2, -0.15) is 17.4 Å². The third-order valence-electron chi connectivity index (χ3n) is 3.79. The normalized spacial score (nSPS) is 21.4. The van der Waals surface area contributed by atoms with Gasteiger partial charge < -0.3 is 5.73 Å². The molecule has 5 nitrogen and oxygen atoms in total. The number of piperidine rings is 1. The van der Waals surface area contributed by atoms with Gasteiger partial charge in [0.15, 0.2) is 0 Å². The number of hydrogen-bond donors (Lipinski definition) is 2. The summed E-state index contributed by atoms with van der Waals surface area (Å²) in [6.07, 6.45) is 2.56. The van der Waals surface area contributed by atoms with E-state index in [1.54, 1.807) is 4.31 Å². The first-order valence-corrected chi connectivity index (χ1v) is 8.32. The van der Waals surface area contributed by atoms with E-state index in [0.717, 1.165) is 19.3 Å². The molecule has 1 fully saturated rings. The van der Waals surface area contributed by atoms with E-state index >= 15 is 0 Å². The fourth-order valence-electron chi connectivity index (χ4n) is 2.34. The number of rotatable bonds is 6. The average Bonchev–Trinajstić information content (AvgIpc) is 2.35. The molecule has 1 unspecified atom stereocenters. The van der Waals surface area contributed by atoms with Crippen molar-refractivity contribution in [3.05, 3.63) is 0 Å². The van der Waals surface area contributed by atoms with Gasteiger partial charge in [-0.15, -0.1) is 0 Å². The molecule has 0 radical (unpaired) electrons. The fraction of sp³-hybridized carbons (Fsp3) is 1.00. The van der Waals surface area contributed by atoms with Crippen molar-refractivity contribution in [2.75, 3.05) is 19.6 Å². The van der Waals surface area contributed by atoms with Gasteiger partial charge in [0.1, 0.15) is 0 Å². The minimum Gasteiger partial charge on any atom is -0.330 e. The number of nitrogens with two attached hydrogens (primary N) is 1. The Morgan fingerprint density at radius 3 is 2.28 bits per heavy atom. The predicted octanol–water partition coefficient (Wildman–Crippen LogP) is 0.926. The van der Waals surface area contributed by atoms with Crippen molar-refractivity contribution < 1.29 is 8.42 Å². The summed E-state index contributed by atoms with van der Waals surface area (Å²) in [5.74, 6) is 0.787. The molecule has 18 heavy (non-hydrogen) atoms. The summed E-state index contributed by atoms with van der Waals surface area (Å²) >= 11 is 0. The molecular weight excluding hydrogens is 250 g/mol. The van der Waals surface area contributed by atoms with Crippen molar-refractivity contribution in [3.63, 3.8) is 0 Å². The second kappa shape index (κ2) is 6.84. The molecule has 0 aromatic rings. The maximum absolute atomic E-state index is 12.2. The third kappa shape index (κ3) is 4.19. The third-order valence-corrected chi connectivity index (χ3v) is 5.44. The van der Waals surface area contributed by atoms with Crippen molar-refractivity contribution in [1.29, 1.82) is 0 Å². The number of nitrogens with zero attached hydrogens (tertiary/aromatic N) is 1. The largest absolute Gasteiger partial charge is 0.330 e. The monoisotopic (exact) mass is 277 g/mol. The minimum absolute atomic E-state index is 0.0160. The predicted molar refractivity (Wildman–Crippen MR) is 74.3 cm³/mol. The zero-order valence-electron chi connectivity index (χ0n) is 11.7. The quantitative estimate of drug-likeness (QED) is 0.758. The molecule has 1 aliphatic rings. The molecule has 6 heteroatoms. The van der Waals surface area contributed by atoms with Crippen molar-refractivity contribution in [2.45, 2.75) is 46.1 Å². The molecule has 0 saturated carbocycles. The van der Waals surface area contributed by atoms with E-state index in [4.69, 9.17) is 5.73 Å². The van der Waals surface area contributed by atoms with E-state index in [1.807, 2.05) is 20.8 Å². The van der Waals surface area contributed by atoms with Gasteiger partial charge >= 0.3 is 0 Å². The van der Waals surface area contributed by atoms with Crippen LogP contribution in [0, 0.1) is 11.8 Å². The maximum Gasteiger partial charge on any atom is 0.279 e. The molecular formula is C12H27N3O2S. The summed E-state index contributed by atoms with van der Waals surface area (Å²) in [6, 6.07) is 0.0160. The Balaban J connectivity index is 2.59. The highest BCUT2D eigenvalue weighted by atomic mass is 32.2. The Hall–Kier alpha value is -0.170. The number of nitrogens with one attached hydrogen (secondary N) is 1. The van der Waals surface area contributed by atoms with E-state index in [1.165, 1.54) is 0 Å². The maximum atomic E-state index is 12.2. The van der Waals surface area contributed by atoms with Gasteiger partial charge in [-0.05, 0) is 37.6 Å². The van der Waals surface area contributed by atoms with Crippen LogP contribution in [0.15, 0.2) is 0 Å². The summed E-state index contributed by atoms with van der Waals surface area (Å²) in [4.78, 5) is 0. The average molecular weight is 277 g/mol. The zero-order chi connectivity index (χ0) is 13.8. The first-order chi connectivity index (χ1) is 8.40. The molecule has 0 aromatic carbocycles. The molecule has 3 N–H and O–H groups in total. The van der Waals surface area contributed by atoms with Crippen LogP contribution in [-0.4, -0.2) is 38.4 Å². The molecule has 0 aromatic heterocycles. The van der Waals surface area contributed by atoms with Crippen LogP contribution >= 0.6 is 0 Å². The zero-order valence-corrected chi connectivity index (χ0v) is 12.5. The fourth-order valence-corrected chi connectivity index (χ4v) is 4.00. The van der Waals surface area contributed by atoms with E-state index in [2.05, 4.69) is 4.72 Å². The lowest BCUT2D eigenvalue weighted by Crippen LogP contribution is -2.49. The van der Waals surface area contributed by atoms with Gasteiger partial charge in [-0.1, -0.05) is 20.8 Å².